The molecule has 1 rings (SSSR count). The molecule has 0 spiro atoms. The number of nitrogens with zero attached hydrogens (tertiary/aromatic N) is 1. The van der Waals surface area contributed by atoms with Crippen LogP contribution in [-0.2, 0) is 0 Å². The van der Waals surface area contributed by atoms with Crippen LogP contribution in [0.3, 0.4) is 0 Å². The van der Waals surface area contributed by atoms with Crippen LogP contribution in [0.5, 0.6) is 0 Å². The number of urea groups is 1. The largest absolute Gasteiger partial charge is 0.405 e. The summed E-state index contributed by atoms with van der Waals surface area (Å²) in [6, 6.07) is -0.153. The van der Waals surface area contributed by atoms with Gasteiger partial charge >= 0.3 is 12.2 Å². The first-order valence-electron chi connectivity index (χ1n) is 6.64. The number of nitrogens with one attached hydrogen (secondary N) is 2. The van der Waals surface area contributed by atoms with Crippen molar-refractivity contribution in [3.63, 3.8) is 0 Å². The van der Waals surface area contributed by atoms with Crippen LogP contribution in [-0.4, -0.2) is 49.3 Å². The molecule has 0 atom stereocenters. The Labute approximate surface area is 111 Å². The highest BCUT2D eigenvalue weighted by atomic mass is 19.4. The van der Waals surface area contributed by atoms with Crippen molar-refractivity contribution in [2.45, 2.75) is 50.9 Å². The maximum Gasteiger partial charge on any atom is 0.405 e. The van der Waals surface area contributed by atoms with E-state index in [1.54, 1.807) is 7.05 Å². The summed E-state index contributed by atoms with van der Waals surface area (Å²) in [5.41, 5.74) is 0. The third-order valence-corrected chi connectivity index (χ3v) is 3.50. The van der Waals surface area contributed by atoms with Gasteiger partial charge in [0.05, 0.1) is 0 Å². The second-order valence-electron chi connectivity index (χ2n) is 4.95. The lowest BCUT2D eigenvalue weighted by Gasteiger charge is -2.35. The van der Waals surface area contributed by atoms with Gasteiger partial charge in [0, 0.05) is 19.1 Å². The smallest absolute Gasteiger partial charge is 0.329 e. The second-order valence-corrected chi connectivity index (χ2v) is 4.95. The fraction of sp³-hybridized carbons (Fsp3) is 0.917. The van der Waals surface area contributed by atoms with E-state index in [0.29, 0.717) is 6.04 Å². The summed E-state index contributed by atoms with van der Waals surface area (Å²) >= 11 is 0. The first-order chi connectivity index (χ1) is 8.83. The highest BCUT2D eigenvalue weighted by Crippen LogP contribution is 2.22. The fourth-order valence-electron chi connectivity index (χ4n) is 2.42. The maximum absolute atomic E-state index is 12.0. The van der Waals surface area contributed by atoms with E-state index in [2.05, 4.69) is 5.32 Å². The highest BCUT2D eigenvalue weighted by molar-refractivity contribution is 5.74. The molecule has 0 heterocycles. The number of amides is 2. The van der Waals surface area contributed by atoms with Crippen molar-refractivity contribution in [2.24, 2.45) is 0 Å². The Kier molecular flexibility index (Phi) is 5.90. The van der Waals surface area contributed by atoms with Crippen LogP contribution in [0, 0.1) is 0 Å². The Balaban J connectivity index is 2.34. The van der Waals surface area contributed by atoms with Crippen LogP contribution in [0.15, 0.2) is 0 Å². The van der Waals surface area contributed by atoms with Gasteiger partial charge in [-0.2, -0.15) is 13.2 Å². The van der Waals surface area contributed by atoms with Crippen LogP contribution in [0.4, 0.5) is 18.0 Å². The van der Waals surface area contributed by atoms with Gasteiger partial charge in [0.25, 0.3) is 0 Å². The molecule has 0 aromatic rings. The van der Waals surface area contributed by atoms with Gasteiger partial charge in [0.15, 0.2) is 0 Å². The molecule has 2 amide bonds. The van der Waals surface area contributed by atoms with Gasteiger partial charge in [0.2, 0.25) is 0 Å². The number of carbonyl (C=O) groups excluding carboxylic acids is 1. The minimum Gasteiger partial charge on any atom is -0.329 e. The predicted octanol–water partition coefficient (Wildman–Crippen LogP) is 2.11. The Morgan fingerprint density at radius 3 is 2.32 bits per heavy atom. The molecule has 7 heteroatoms. The van der Waals surface area contributed by atoms with Crippen LogP contribution in [0.1, 0.15) is 32.6 Å². The quantitative estimate of drug-likeness (QED) is 0.829. The number of carbonyl (C=O) groups is 1. The van der Waals surface area contributed by atoms with E-state index >= 15 is 0 Å². The molecule has 2 N–H and O–H groups in total. The molecule has 4 nitrogen and oxygen atoms in total. The van der Waals surface area contributed by atoms with E-state index < -0.39 is 18.8 Å². The van der Waals surface area contributed by atoms with Crippen molar-refractivity contribution in [1.82, 2.24) is 15.5 Å². The van der Waals surface area contributed by atoms with E-state index in [-0.39, 0.29) is 6.04 Å². The van der Waals surface area contributed by atoms with E-state index in [4.69, 9.17) is 0 Å². The van der Waals surface area contributed by atoms with Crippen LogP contribution < -0.4 is 10.6 Å². The van der Waals surface area contributed by atoms with E-state index in [9.17, 15) is 18.0 Å². The zero-order chi connectivity index (χ0) is 14.5. The molecule has 1 fully saturated rings. The van der Waals surface area contributed by atoms with Gasteiger partial charge in [0.1, 0.15) is 6.54 Å². The molecule has 0 aliphatic heterocycles. The minimum atomic E-state index is -4.36. The standard InChI is InChI=1S/C12H22F3N3O/c1-3-16-9-4-6-10(7-5-9)18(2)11(19)17-8-12(13,14)15/h9-10,16H,3-8H2,1-2H3,(H,17,19). The molecule has 0 aromatic heterocycles. The maximum atomic E-state index is 12.0. The molecule has 1 saturated carbocycles. The summed E-state index contributed by atoms with van der Waals surface area (Å²) in [5.74, 6) is 0. The van der Waals surface area contributed by atoms with Gasteiger partial charge in [-0.05, 0) is 32.2 Å². The zero-order valence-corrected chi connectivity index (χ0v) is 11.4. The van der Waals surface area contributed by atoms with Gasteiger partial charge < -0.3 is 15.5 Å². The van der Waals surface area contributed by atoms with E-state index in [1.165, 1.54) is 4.90 Å². The monoisotopic (exact) mass is 281 g/mol. The van der Waals surface area contributed by atoms with E-state index in [0.717, 1.165) is 32.2 Å². The summed E-state index contributed by atoms with van der Waals surface area (Å²) < 4.78 is 36.0. The molecule has 1 aliphatic rings. The van der Waals surface area contributed by atoms with Gasteiger partial charge in [-0.1, -0.05) is 6.92 Å². The molecule has 19 heavy (non-hydrogen) atoms. The van der Waals surface area contributed by atoms with Crippen molar-refractivity contribution in [1.29, 1.82) is 0 Å². The number of alkyl halides is 3. The van der Waals surface area contributed by atoms with E-state index in [1.807, 2.05) is 12.2 Å². The Bertz CT molecular complexity index is 288. The molecule has 0 bridgehead atoms. The Morgan fingerprint density at radius 2 is 1.84 bits per heavy atom. The summed E-state index contributed by atoms with van der Waals surface area (Å²) in [4.78, 5) is 13.0. The summed E-state index contributed by atoms with van der Waals surface area (Å²) in [7, 11) is 1.56. The van der Waals surface area contributed by atoms with Crippen molar-refractivity contribution >= 4 is 6.03 Å². The number of hydrogen-bond acceptors (Lipinski definition) is 2. The Hall–Kier alpha value is -0.980. The molecular weight excluding hydrogens is 259 g/mol. The second kappa shape index (κ2) is 6.98. The third kappa shape index (κ3) is 5.67. The zero-order valence-electron chi connectivity index (χ0n) is 11.4. The average Bonchev–Trinajstić information content (AvgIpc) is 2.35. The lowest BCUT2D eigenvalue weighted by atomic mass is 9.90. The average molecular weight is 281 g/mol. The molecular formula is C12H22F3N3O. The van der Waals surface area contributed by atoms with Crippen molar-refractivity contribution in [3.8, 4) is 0 Å². The number of hydrogen-bond donors (Lipinski definition) is 2. The van der Waals surface area contributed by atoms with Crippen molar-refractivity contribution in [3.05, 3.63) is 0 Å². The van der Waals surface area contributed by atoms with Gasteiger partial charge in [-0.25, -0.2) is 4.79 Å². The van der Waals surface area contributed by atoms with Crippen molar-refractivity contribution in [2.75, 3.05) is 20.1 Å². The summed E-state index contributed by atoms with van der Waals surface area (Å²) in [6.07, 6.45) is -0.800. The summed E-state index contributed by atoms with van der Waals surface area (Å²) in [5, 5.41) is 5.25. The molecule has 0 unspecified atom stereocenters. The van der Waals surface area contributed by atoms with Gasteiger partial charge in [-0.15, -0.1) is 0 Å². The number of rotatable bonds is 4. The normalized spacial score (nSPS) is 24.1. The summed E-state index contributed by atoms with van der Waals surface area (Å²) in [6.45, 7) is 1.68. The fourth-order valence-corrected chi connectivity index (χ4v) is 2.42. The molecule has 1 aliphatic carbocycles. The van der Waals surface area contributed by atoms with Crippen molar-refractivity contribution < 1.29 is 18.0 Å². The van der Waals surface area contributed by atoms with Gasteiger partial charge in [-0.3, -0.25) is 0 Å². The lowest BCUT2D eigenvalue weighted by Crippen LogP contribution is -2.48. The first-order valence-corrected chi connectivity index (χ1v) is 6.64. The topological polar surface area (TPSA) is 44.4 Å². The van der Waals surface area contributed by atoms with Crippen LogP contribution in [0.2, 0.25) is 0 Å². The molecule has 112 valence electrons. The first kappa shape index (κ1) is 16.1. The molecule has 0 radical (unpaired) electrons. The third-order valence-electron chi connectivity index (χ3n) is 3.50. The highest BCUT2D eigenvalue weighted by Gasteiger charge is 2.30. The predicted molar refractivity (Wildman–Crippen MR) is 66.9 cm³/mol. The lowest BCUT2D eigenvalue weighted by molar-refractivity contribution is -0.123. The molecule has 0 saturated heterocycles. The van der Waals surface area contributed by atoms with Crippen LogP contribution >= 0.6 is 0 Å². The number of halogens is 3. The SMILES string of the molecule is CCNC1CCC(N(C)C(=O)NCC(F)(F)F)CC1. The minimum absolute atomic E-state index is 0.0307. The van der Waals surface area contributed by atoms with Crippen LogP contribution in [0.25, 0.3) is 0 Å². The molecule has 0 aromatic carbocycles. The Morgan fingerprint density at radius 1 is 1.26 bits per heavy atom.